The molecule has 0 spiro atoms. The summed E-state index contributed by atoms with van der Waals surface area (Å²) in [6, 6.07) is 4.91. The Labute approximate surface area is 111 Å². The van der Waals surface area contributed by atoms with Crippen LogP contribution < -0.4 is 0 Å². The summed E-state index contributed by atoms with van der Waals surface area (Å²) in [6.07, 6.45) is 0.826. The van der Waals surface area contributed by atoms with Gasteiger partial charge in [-0.2, -0.15) is 0 Å². The highest BCUT2D eigenvalue weighted by Crippen LogP contribution is 2.48. The molecule has 6 heteroatoms. The number of hydrogen-bond acceptors (Lipinski definition) is 3. The van der Waals surface area contributed by atoms with Crippen LogP contribution in [-0.4, -0.2) is 24.2 Å². The molecule has 0 bridgehead atoms. The van der Waals surface area contributed by atoms with Gasteiger partial charge in [-0.15, -0.1) is 0 Å². The number of rotatable bonds is 4. The van der Waals surface area contributed by atoms with Crippen LogP contribution in [0.4, 0.5) is 4.39 Å². The molecule has 104 valence electrons. The average molecular weight is 286 g/mol. The summed E-state index contributed by atoms with van der Waals surface area (Å²) in [5.41, 5.74) is 0. The molecule has 1 fully saturated rings. The summed E-state index contributed by atoms with van der Waals surface area (Å²) in [5.74, 6) is -2.22. The van der Waals surface area contributed by atoms with Gasteiger partial charge in [-0.25, -0.2) is 12.8 Å². The Morgan fingerprint density at radius 1 is 1.42 bits per heavy atom. The van der Waals surface area contributed by atoms with E-state index in [0.717, 1.165) is 18.6 Å². The van der Waals surface area contributed by atoms with E-state index in [4.69, 9.17) is 0 Å². The Kier molecular flexibility index (Phi) is 3.38. The van der Waals surface area contributed by atoms with Crippen LogP contribution in [0.3, 0.4) is 0 Å². The Morgan fingerprint density at radius 2 is 2.00 bits per heavy atom. The van der Waals surface area contributed by atoms with Crippen molar-refractivity contribution in [3.05, 3.63) is 30.1 Å². The van der Waals surface area contributed by atoms with Crippen LogP contribution in [0.5, 0.6) is 0 Å². The quantitative estimate of drug-likeness (QED) is 0.921. The van der Waals surface area contributed by atoms with Crippen LogP contribution in [0.1, 0.15) is 26.2 Å². The van der Waals surface area contributed by atoms with Gasteiger partial charge >= 0.3 is 5.97 Å². The van der Waals surface area contributed by atoms with Crippen molar-refractivity contribution in [3.8, 4) is 0 Å². The number of halogens is 1. The van der Waals surface area contributed by atoms with Gasteiger partial charge in [0.2, 0.25) is 0 Å². The Hall–Kier alpha value is -1.43. The van der Waals surface area contributed by atoms with Crippen LogP contribution in [0, 0.1) is 11.7 Å². The van der Waals surface area contributed by atoms with Gasteiger partial charge in [0, 0.05) is 0 Å². The first-order valence-corrected chi connectivity index (χ1v) is 7.56. The predicted octanol–water partition coefficient (Wildman–Crippen LogP) is 2.24. The molecule has 0 aromatic heterocycles. The number of benzene rings is 1. The van der Waals surface area contributed by atoms with E-state index in [1.165, 1.54) is 12.1 Å². The minimum atomic E-state index is -4.21. The van der Waals surface area contributed by atoms with Gasteiger partial charge < -0.3 is 5.11 Å². The molecule has 0 unspecified atom stereocenters. The van der Waals surface area contributed by atoms with E-state index in [1.807, 2.05) is 6.92 Å². The summed E-state index contributed by atoms with van der Waals surface area (Å²) >= 11 is 0. The van der Waals surface area contributed by atoms with Crippen molar-refractivity contribution in [1.82, 2.24) is 0 Å². The molecular formula is C13H15FO4S. The van der Waals surface area contributed by atoms with Gasteiger partial charge in [0.1, 0.15) is 10.7 Å². The second-order valence-corrected chi connectivity index (χ2v) is 7.14. The molecule has 1 aromatic carbocycles. The lowest BCUT2D eigenvalue weighted by Gasteiger charge is -2.43. The fourth-order valence-electron chi connectivity index (χ4n) is 2.54. The molecular weight excluding hydrogens is 271 g/mol. The minimum absolute atomic E-state index is 0.0511. The lowest BCUT2D eigenvalue weighted by molar-refractivity contribution is -0.144. The normalized spacial score (nSPS) is 26.7. The zero-order chi connectivity index (χ0) is 14.3. The maximum absolute atomic E-state index is 13.6. The van der Waals surface area contributed by atoms with Crippen LogP contribution in [0.15, 0.2) is 29.2 Å². The van der Waals surface area contributed by atoms with E-state index >= 15 is 0 Å². The highest BCUT2D eigenvalue weighted by Gasteiger charge is 2.60. The Balaban J connectivity index is 2.50. The van der Waals surface area contributed by atoms with E-state index in [1.54, 1.807) is 0 Å². The second kappa shape index (κ2) is 4.59. The van der Waals surface area contributed by atoms with Crippen molar-refractivity contribution >= 4 is 15.8 Å². The van der Waals surface area contributed by atoms with Crippen molar-refractivity contribution in [1.29, 1.82) is 0 Å². The van der Waals surface area contributed by atoms with Crippen molar-refractivity contribution in [2.24, 2.45) is 5.92 Å². The highest BCUT2D eigenvalue weighted by atomic mass is 32.2. The van der Waals surface area contributed by atoms with Gasteiger partial charge in [-0.1, -0.05) is 25.5 Å². The molecule has 0 aliphatic heterocycles. The van der Waals surface area contributed by atoms with Crippen LogP contribution in [0.25, 0.3) is 0 Å². The van der Waals surface area contributed by atoms with Crippen LogP contribution in [0.2, 0.25) is 0 Å². The Bertz CT molecular complexity index is 603. The monoisotopic (exact) mass is 286 g/mol. The zero-order valence-electron chi connectivity index (χ0n) is 10.5. The average Bonchev–Trinajstić information content (AvgIpc) is 2.27. The molecule has 19 heavy (non-hydrogen) atoms. The first-order chi connectivity index (χ1) is 8.85. The van der Waals surface area contributed by atoms with E-state index in [9.17, 15) is 22.7 Å². The van der Waals surface area contributed by atoms with E-state index < -0.39 is 31.3 Å². The van der Waals surface area contributed by atoms with Gasteiger partial charge in [0.05, 0.1) is 0 Å². The first-order valence-electron chi connectivity index (χ1n) is 6.07. The Morgan fingerprint density at radius 3 is 2.47 bits per heavy atom. The number of carboxylic acid groups (broad SMARTS) is 1. The molecule has 1 N–H and O–H groups in total. The molecule has 1 saturated carbocycles. The number of hydrogen-bond donors (Lipinski definition) is 1. The van der Waals surface area contributed by atoms with Crippen LogP contribution >= 0.6 is 0 Å². The molecule has 1 aromatic rings. The van der Waals surface area contributed by atoms with Crippen molar-refractivity contribution < 1.29 is 22.7 Å². The molecule has 0 atom stereocenters. The number of aliphatic carboxylic acids is 1. The second-order valence-electron chi connectivity index (χ2n) is 4.92. The maximum atomic E-state index is 13.6. The standard InChI is InChI=1S/C13H15FO4S/c1-2-9-7-13(8-9,12(15)16)19(17,18)11-6-4-3-5-10(11)14/h3-6,9H,2,7-8H2,1H3,(H,15,16). The van der Waals surface area contributed by atoms with Crippen molar-refractivity contribution in [2.45, 2.75) is 35.8 Å². The van der Waals surface area contributed by atoms with E-state index in [2.05, 4.69) is 0 Å². The molecule has 1 aliphatic carbocycles. The number of carbonyl (C=O) groups is 1. The van der Waals surface area contributed by atoms with Gasteiger partial charge in [0.15, 0.2) is 14.6 Å². The molecule has 0 heterocycles. The number of sulfone groups is 1. The van der Waals surface area contributed by atoms with Gasteiger partial charge in [-0.05, 0) is 30.9 Å². The summed E-state index contributed by atoms with van der Waals surface area (Å²) < 4.78 is 36.7. The smallest absolute Gasteiger partial charge is 0.325 e. The lowest BCUT2D eigenvalue weighted by Crippen LogP contribution is -2.56. The first kappa shape index (κ1) is 14.0. The number of carboxylic acids is 1. The topological polar surface area (TPSA) is 71.4 Å². The minimum Gasteiger partial charge on any atom is -0.480 e. The molecule has 0 saturated heterocycles. The third kappa shape index (κ3) is 1.94. The largest absolute Gasteiger partial charge is 0.480 e. The predicted molar refractivity (Wildman–Crippen MR) is 67.0 cm³/mol. The SMILES string of the molecule is CCC1CC(C(=O)O)(S(=O)(=O)c2ccccc2F)C1. The van der Waals surface area contributed by atoms with Crippen LogP contribution in [-0.2, 0) is 14.6 Å². The third-order valence-electron chi connectivity index (χ3n) is 3.84. The lowest BCUT2D eigenvalue weighted by atomic mass is 9.73. The van der Waals surface area contributed by atoms with E-state index in [-0.39, 0.29) is 18.8 Å². The summed E-state index contributed by atoms with van der Waals surface area (Å²) in [7, 11) is -4.21. The molecule has 2 rings (SSSR count). The molecule has 1 aliphatic rings. The fraction of sp³-hybridized carbons (Fsp3) is 0.462. The molecule has 0 amide bonds. The third-order valence-corrected chi connectivity index (χ3v) is 6.29. The summed E-state index contributed by atoms with van der Waals surface area (Å²) in [6.45, 7) is 1.88. The van der Waals surface area contributed by atoms with Crippen molar-refractivity contribution in [3.63, 3.8) is 0 Å². The van der Waals surface area contributed by atoms with Gasteiger partial charge in [0.25, 0.3) is 0 Å². The highest BCUT2D eigenvalue weighted by molar-refractivity contribution is 7.93. The fourth-order valence-corrected chi connectivity index (χ4v) is 4.69. The molecule has 0 radical (unpaired) electrons. The summed E-state index contributed by atoms with van der Waals surface area (Å²) in [4.78, 5) is 10.9. The molecule has 4 nitrogen and oxygen atoms in total. The van der Waals surface area contributed by atoms with Gasteiger partial charge in [-0.3, -0.25) is 4.79 Å². The zero-order valence-corrected chi connectivity index (χ0v) is 11.3. The maximum Gasteiger partial charge on any atom is 0.325 e. The van der Waals surface area contributed by atoms with E-state index in [0.29, 0.717) is 0 Å². The van der Waals surface area contributed by atoms with Crippen molar-refractivity contribution in [2.75, 3.05) is 0 Å². The summed E-state index contributed by atoms with van der Waals surface area (Å²) in [5, 5.41) is 9.28.